The van der Waals surface area contributed by atoms with E-state index in [4.69, 9.17) is 0 Å². The maximum Gasteiger partial charge on any atom is 0.326 e. The van der Waals surface area contributed by atoms with Gasteiger partial charge in [-0.2, -0.15) is 0 Å². The van der Waals surface area contributed by atoms with Crippen LogP contribution in [0.25, 0.3) is 11.0 Å². The average Bonchev–Trinajstić information content (AvgIpc) is 2.06. The number of nitrogens with zero attached hydrogens (tertiary/aromatic N) is 4. The van der Waals surface area contributed by atoms with E-state index in [1.165, 1.54) is 0 Å². The second-order valence-electron chi connectivity index (χ2n) is 2.35. The third-order valence-corrected chi connectivity index (χ3v) is 1.99. The molecule has 1 heterocycles. The number of hydrogen-bond donors (Lipinski definition) is 0. The molecule has 1 aromatic heterocycles. The Morgan fingerprint density at radius 2 is 2.08 bits per heavy atom. The Labute approximate surface area is 80.7 Å². The van der Waals surface area contributed by atoms with Crippen molar-refractivity contribution < 1.29 is 9.80 Å². The van der Waals surface area contributed by atoms with Gasteiger partial charge in [0.15, 0.2) is 0 Å². The summed E-state index contributed by atoms with van der Waals surface area (Å²) in [5.41, 5.74) is 0.560. The fraction of sp³-hybridized carbons (Fsp3) is 0. The Morgan fingerprint density at radius 1 is 1.31 bits per heavy atom. The van der Waals surface area contributed by atoms with Gasteiger partial charge in [0, 0.05) is 15.4 Å². The van der Waals surface area contributed by atoms with Gasteiger partial charge in [-0.1, -0.05) is 15.9 Å². The van der Waals surface area contributed by atoms with Crippen LogP contribution in [0.15, 0.2) is 22.7 Å². The molecule has 0 atom stereocenters. The lowest BCUT2D eigenvalue weighted by molar-refractivity contribution is -0.863. The van der Waals surface area contributed by atoms with E-state index in [1.807, 2.05) is 0 Å². The minimum Gasteiger partial charge on any atom is -0.590 e. The van der Waals surface area contributed by atoms with Gasteiger partial charge >= 0.3 is 5.21 Å². The lowest BCUT2D eigenvalue weighted by atomic mass is 10.3. The zero-order valence-corrected chi connectivity index (χ0v) is 7.80. The van der Waals surface area contributed by atoms with Crippen molar-refractivity contribution >= 4 is 27.0 Å². The monoisotopic (exact) mass is 242 g/mol. The number of hydrogen-bond acceptors (Lipinski definition) is 4. The molecule has 0 radical (unpaired) electrons. The van der Waals surface area contributed by atoms with Crippen LogP contribution in [0.5, 0.6) is 0 Å². The molecule has 66 valence electrons. The molecule has 0 saturated carbocycles. The number of halogens is 1. The van der Waals surface area contributed by atoms with Crippen LogP contribution in [-0.4, -0.2) is 10.3 Å². The molecule has 2 rings (SSSR count). The van der Waals surface area contributed by atoms with E-state index in [0.717, 1.165) is 4.47 Å². The fourth-order valence-electron chi connectivity index (χ4n) is 0.964. The second kappa shape index (κ2) is 2.77. The smallest absolute Gasteiger partial charge is 0.326 e. The fourth-order valence-corrected chi connectivity index (χ4v) is 1.31. The first-order valence-corrected chi connectivity index (χ1v) is 4.13. The molecule has 0 aliphatic carbocycles. The van der Waals surface area contributed by atoms with Crippen molar-refractivity contribution in [3.05, 3.63) is 33.1 Å². The van der Waals surface area contributed by atoms with E-state index in [0.29, 0.717) is 5.52 Å². The number of fused-ring (bicyclic) bond motifs is 1. The third kappa shape index (κ3) is 1.37. The van der Waals surface area contributed by atoms with Crippen LogP contribution in [0.2, 0.25) is 0 Å². The highest BCUT2D eigenvalue weighted by Gasteiger charge is 2.12. The molecule has 0 amide bonds. The lowest BCUT2D eigenvalue weighted by Gasteiger charge is -1.95. The van der Waals surface area contributed by atoms with Crippen molar-refractivity contribution in [3.63, 3.8) is 0 Å². The summed E-state index contributed by atoms with van der Waals surface area (Å²) in [6.07, 6.45) is 0. The maximum atomic E-state index is 11.1. The molecular formula is C6H3BrN4O2. The van der Waals surface area contributed by atoms with Gasteiger partial charge in [0.25, 0.3) is 5.52 Å². The first-order chi connectivity index (χ1) is 6.16. The summed E-state index contributed by atoms with van der Waals surface area (Å²) < 4.78 is 0.733. The van der Waals surface area contributed by atoms with Crippen LogP contribution in [-0.2, 0) is 0 Å². The van der Waals surface area contributed by atoms with Gasteiger partial charge in [0.05, 0.1) is 5.10 Å². The van der Waals surface area contributed by atoms with Crippen molar-refractivity contribution in [2.45, 2.75) is 0 Å². The Morgan fingerprint density at radius 3 is 2.85 bits per heavy atom. The number of aromatic nitrogens is 4. The predicted molar refractivity (Wildman–Crippen MR) is 45.2 cm³/mol. The lowest BCUT2D eigenvalue weighted by Crippen LogP contribution is -2.50. The maximum absolute atomic E-state index is 11.1. The number of benzene rings is 1. The average molecular weight is 243 g/mol. The second-order valence-corrected chi connectivity index (χ2v) is 3.26. The van der Waals surface area contributed by atoms with Crippen molar-refractivity contribution in [3.8, 4) is 0 Å². The Hall–Kier alpha value is -1.50. The van der Waals surface area contributed by atoms with Crippen LogP contribution in [0, 0.1) is 10.4 Å². The quantitative estimate of drug-likeness (QED) is 0.468. The van der Waals surface area contributed by atoms with Crippen LogP contribution >= 0.6 is 15.9 Å². The molecule has 0 unspecified atom stereocenters. The minimum absolute atomic E-state index is 0.0107. The van der Waals surface area contributed by atoms with Gasteiger partial charge in [0.1, 0.15) is 4.96 Å². The highest BCUT2D eigenvalue weighted by Crippen LogP contribution is 2.13. The summed E-state index contributed by atoms with van der Waals surface area (Å²) in [5.74, 6) is 0. The molecule has 0 bridgehead atoms. The zero-order valence-electron chi connectivity index (χ0n) is 6.22. The van der Waals surface area contributed by atoms with Crippen molar-refractivity contribution in [2.75, 3.05) is 0 Å². The van der Waals surface area contributed by atoms with E-state index in [1.54, 1.807) is 18.2 Å². The highest BCUT2D eigenvalue weighted by atomic mass is 79.9. The first kappa shape index (κ1) is 8.11. The molecule has 0 fully saturated rings. The van der Waals surface area contributed by atoms with Crippen LogP contribution in [0.4, 0.5) is 0 Å². The zero-order chi connectivity index (χ0) is 9.42. The number of rotatable bonds is 0. The van der Waals surface area contributed by atoms with Crippen LogP contribution in [0.1, 0.15) is 0 Å². The van der Waals surface area contributed by atoms with Crippen LogP contribution < -0.4 is 9.80 Å². The van der Waals surface area contributed by atoms with Gasteiger partial charge in [-0.25, -0.2) is 0 Å². The molecular weight excluding hydrogens is 240 g/mol. The molecule has 0 spiro atoms. The molecule has 6 nitrogen and oxygen atoms in total. The Balaban J connectivity index is 2.87. The molecule has 7 heteroatoms. The van der Waals surface area contributed by atoms with Gasteiger partial charge in [-0.3, -0.25) is 0 Å². The molecule has 2 aromatic rings. The van der Waals surface area contributed by atoms with E-state index < -0.39 is 0 Å². The molecule has 0 aliphatic rings. The largest absolute Gasteiger partial charge is 0.590 e. The van der Waals surface area contributed by atoms with E-state index in [9.17, 15) is 10.4 Å². The summed E-state index contributed by atoms with van der Waals surface area (Å²) in [7, 11) is 0. The van der Waals surface area contributed by atoms with Gasteiger partial charge in [-0.05, 0) is 12.1 Å². The molecule has 0 aliphatic heterocycles. The summed E-state index contributed by atoms with van der Waals surface area (Å²) in [5, 5.41) is 28.2. The van der Waals surface area contributed by atoms with E-state index in [-0.39, 0.29) is 15.3 Å². The SMILES string of the molecule is [O-][n+]1nc2ccc(Br)cc2[n+]([O-])n1. The Bertz CT molecular complexity index is 475. The molecule has 13 heavy (non-hydrogen) atoms. The standard InChI is InChI=1S/C6H3BrN4O2/c7-4-1-2-5-6(3-4)10(12)9-11(13)8-5/h1-3H. The summed E-state index contributed by atoms with van der Waals surface area (Å²) in [4.78, 5) is 0.226. The molecule has 0 saturated heterocycles. The van der Waals surface area contributed by atoms with Crippen LogP contribution in [0.3, 0.4) is 0 Å². The van der Waals surface area contributed by atoms with Crippen molar-refractivity contribution in [2.24, 2.45) is 0 Å². The minimum atomic E-state index is -0.0107. The van der Waals surface area contributed by atoms with Gasteiger partial charge in [-0.15, -0.1) is 0 Å². The van der Waals surface area contributed by atoms with E-state index in [2.05, 4.69) is 26.2 Å². The normalized spacial score (nSPS) is 10.5. The van der Waals surface area contributed by atoms with Crippen molar-refractivity contribution in [1.29, 1.82) is 0 Å². The molecule has 0 N–H and O–H groups in total. The predicted octanol–water partition coefficient (Wildman–Crippen LogP) is -0.341. The molecule has 1 aromatic carbocycles. The highest BCUT2D eigenvalue weighted by molar-refractivity contribution is 9.10. The van der Waals surface area contributed by atoms with Crippen molar-refractivity contribution in [1.82, 2.24) is 10.3 Å². The van der Waals surface area contributed by atoms with Gasteiger partial charge < -0.3 is 10.4 Å². The van der Waals surface area contributed by atoms with E-state index >= 15 is 0 Å². The summed E-state index contributed by atoms with van der Waals surface area (Å²) in [6, 6.07) is 4.79. The van der Waals surface area contributed by atoms with Gasteiger partial charge in [0.2, 0.25) is 5.52 Å². The first-order valence-electron chi connectivity index (χ1n) is 3.34. The third-order valence-electron chi connectivity index (χ3n) is 1.49. The topological polar surface area (TPSA) is 79.7 Å². The summed E-state index contributed by atoms with van der Waals surface area (Å²) >= 11 is 3.19. The Kier molecular flexibility index (Phi) is 1.73. The summed E-state index contributed by atoms with van der Waals surface area (Å²) in [6.45, 7) is 0.